The van der Waals surface area contributed by atoms with Crippen LogP contribution >= 0.6 is 0 Å². The molecule has 2 N–H and O–H groups in total. The predicted molar refractivity (Wildman–Crippen MR) is 37.7 cm³/mol. The van der Waals surface area contributed by atoms with E-state index in [9.17, 15) is 14.4 Å². The van der Waals surface area contributed by atoms with Gasteiger partial charge in [0.2, 0.25) is 0 Å². The van der Waals surface area contributed by atoms with Crippen LogP contribution in [0.3, 0.4) is 0 Å². The number of H-pyrrole nitrogens is 2. The molecule has 0 aliphatic heterocycles. The number of aromatic nitrogens is 2. The topological polar surface area (TPSA) is 82.8 Å². The molecule has 0 amide bonds. The van der Waals surface area contributed by atoms with Gasteiger partial charge in [0, 0.05) is 13.1 Å². The molecule has 58 valence electrons. The summed E-state index contributed by atoms with van der Waals surface area (Å²) in [6.45, 7) is 1.30. The quantitative estimate of drug-likeness (QED) is 0.413. The van der Waals surface area contributed by atoms with Crippen LogP contribution in [0.2, 0.25) is 0 Å². The molecule has 0 aliphatic rings. The number of carbonyl (C=O) groups is 1. The molecular weight excluding hydrogens is 148 g/mol. The molecular formula is C6H6N2O3. The van der Waals surface area contributed by atoms with Crippen LogP contribution in [0.25, 0.3) is 0 Å². The lowest BCUT2D eigenvalue weighted by Gasteiger charge is -1.90. The summed E-state index contributed by atoms with van der Waals surface area (Å²) in [6, 6.07) is 0. The van der Waals surface area contributed by atoms with E-state index in [2.05, 4.69) is 9.97 Å². The molecule has 0 saturated carbocycles. The molecule has 5 heteroatoms. The van der Waals surface area contributed by atoms with Crippen molar-refractivity contribution >= 4 is 5.78 Å². The van der Waals surface area contributed by atoms with Crippen LogP contribution in [0.1, 0.15) is 17.4 Å². The average molecular weight is 154 g/mol. The van der Waals surface area contributed by atoms with Gasteiger partial charge in [-0.1, -0.05) is 0 Å². The summed E-state index contributed by atoms with van der Waals surface area (Å²) >= 11 is 0. The summed E-state index contributed by atoms with van der Waals surface area (Å²) in [7, 11) is 0. The van der Waals surface area contributed by atoms with Crippen LogP contribution in [0.15, 0.2) is 15.8 Å². The lowest BCUT2D eigenvalue weighted by molar-refractivity contribution is 0.101. The van der Waals surface area contributed by atoms with E-state index in [1.807, 2.05) is 0 Å². The molecule has 0 atom stereocenters. The molecule has 0 saturated heterocycles. The minimum atomic E-state index is -0.808. The number of hydrogen-bond acceptors (Lipinski definition) is 3. The fraction of sp³-hybridized carbons (Fsp3) is 0.167. The van der Waals surface area contributed by atoms with Crippen molar-refractivity contribution in [3.05, 3.63) is 32.6 Å². The Morgan fingerprint density at radius 1 is 1.36 bits per heavy atom. The minimum Gasteiger partial charge on any atom is -0.322 e. The van der Waals surface area contributed by atoms with Crippen LogP contribution in [-0.4, -0.2) is 15.8 Å². The van der Waals surface area contributed by atoms with Gasteiger partial charge >= 0.3 is 11.1 Å². The van der Waals surface area contributed by atoms with Gasteiger partial charge in [-0.05, 0) is 0 Å². The van der Waals surface area contributed by atoms with Gasteiger partial charge in [0.1, 0.15) is 5.69 Å². The Labute approximate surface area is 61.1 Å². The Balaban J connectivity index is 3.38. The molecule has 0 aromatic carbocycles. The first kappa shape index (κ1) is 7.46. The third-order valence-electron chi connectivity index (χ3n) is 1.18. The Morgan fingerprint density at radius 2 is 2.00 bits per heavy atom. The Morgan fingerprint density at radius 3 is 2.45 bits per heavy atom. The van der Waals surface area contributed by atoms with Crippen molar-refractivity contribution in [2.24, 2.45) is 0 Å². The number of hydrogen-bond donors (Lipinski definition) is 2. The number of carbonyl (C=O) groups excluding carboxylic acids is 1. The van der Waals surface area contributed by atoms with Gasteiger partial charge in [-0.15, -0.1) is 0 Å². The highest BCUT2D eigenvalue weighted by atomic mass is 16.2. The maximum Gasteiger partial charge on any atom is 0.314 e. The molecule has 0 bridgehead atoms. The van der Waals surface area contributed by atoms with Gasteiger partial charge in [-0.25, -0.2) is 0 Å². The number of nitrogens with one attached hydrogen (secondary N) is 2. The third-order valence-corrected chi connectivity index (χ3v) is 1.18. The van der Waals surface area contributed by atoms with Gasteiger partial charge in [-0.3, -0.25) is 14.4 Å². The molecule has 1 rings (SSSR count). The van der Waals surface area contributed by atoms with Gasteiger partial charge < -0.3 is 9.97 Å². The summed E-state index contributed by atoms with van der Waals surface area (Å²) in [5.41, 5.74) is -1.46. The SMILES string of the molecule is CC(=O)c1c[nH]c(=O)c(=O)[nH]1. The van der Waals surface area contributed by atoms with Crippen molar-refractivity contribution in [2.75, 3.05) is 0 Å². The standard InChI is InChI=1S/C6H6N2O3/c1-3(9)4-2-7-5(10)6(11)8-4/h2H,1H3,(H,7,10)(H,8,11). The summed E-state index contributed by atoms with van der Waals surface area (Å²) in [5.74, 6) is -0.293. The number of aromatic amines is 2. The molecule has 0 radical (unpaired) electrons. The maximum atomic E-state index is 10.6. The van der Waals surface area contributed by atoms with Gasteiger partial charge in [0.25, 0.3) is 0 Å². The molecule has 0 fully saturated rings. The highest BCUT2D eigenvalue weighted by molar-refractivity contribution is 5.91. The monoisotopic (exact) mass is 154 g/mol. The Bertz CT molecular complexity index is 387. The van der Waals surface area contributed by atoms with E-state index in [0.29, 0.717) is 0 Å². The molecule has 0 spiro atoms. The molecule has 1 aromatic rings. The second-order valence-electron chi connectivity index (χ2n) is 2.04. The molecule has 11 heavy (non-hydrogen) atoms. The van der Waals surface area contributed by atoms with Crippen LogP contribution < -0.4 is 11.1 Å². The molecule has 1 heterocycles. The normalized spacial score (nSPS) is 9.55. The van der Waals surface area contributed by atoms with Crippen LogP contribution in [-0.2, 0) is 0 Å². The van der Waals surface area contributed by atoms with E-state index in [1.54, 1.807) is 0 Å². The van der Waals surface area contributed by atoms with E-state index in [4.69, 9.17) is 0 Å². The van der Waals surface area contributed by atoms with Gasteiger partial charge in [-0.2, -0.15) is 0 Å². The lowest BCUT2D eigenvalue weighted by atomic mass is 10.3. The first-order valence-electron chi connectivity index (χ1n) is 2.94. The second kappa shape index (κ2) is 2.53. The summed E-state index contributed by atoms with van der Waals surface area (Å²) < 4.78 is 0. The van der Waals surface area contributed by atoms with Gasteiger partial charge in [0.05, 0.1) is 0 Å². The van der Waals surface area contributed by atoms with Crippen LogP contribution in [0.5, 0.6) is 0 Å². The van der Waals surface area contributed by atoms with Crippen molar-refractivity contribution in [3.63, 3.8) is 0 Å². The fourth-order valence-corrected chi connectivity index (χ4v) is 0.608. The minimum absolute atomic E-state index is 0.106. The summed E-state index contributed by atoms with van der Waals surface area (Å²) in [4.78, 5) is 35.9. The van der Waals surface area contributed by atoms with Crippen molar-refractivity contribution < 1.29 is 4.79 Å². The van der Waals surface area contributed by atoms with Gasteiger partial charge in [0.15, 0.2) is 5.78 Å². The van der Waals surface area contributed by atoms with Crippen molar-refractivity contribution in [2.45, 2.75) is 6.92 Å². The van der Waals surface area contributed by atoms with E-state index in [1.165, 1.54) is 13.1 Å². The Kier molecular flexibility index (Phi) is 1.72. The van der Waals surface area contributed by atoms with Crippen molar-refractivity contribution in [3.8, 4) is 0 Å². The fourth-order valence-electron chi connectivity index (χ4n) is 0.608. The summed E-state index contributed by atoms with van der Waals surface area (Å²) in [6.07, 6.45) is 1.17. The zero-order valence-electron chi connectivity index (χ0n) is 5.80. The third kappa shape index (κ3) is 1.43. The molecule has 0 aliphatic carbocycles. The van der Waals surface area contributed by atoms with Crippen molar-refractivity contribution in [1.82, 2.24) is 9.97 Å². The van der Waals surface area contributed by atoms with Crippen LogP contribution in [0, 0.1) is 0 Å². The summed E-state index contributed by atoms with van der Waals surface area (Å²) in [5, 5.41) is 0. The zero-order chi connectivity index (χ0) is 8.43. The smallest absolute Gasteiger partial charge is 0.314 e. The predicted octanol–water partition coefficient (Wildman–Crippen LogP) is -0.734. The van der Waals surface area contributed by atoms with E-state index in [-0.39, 0.29) is 11.5 Å². The molecule has 0 unspecified atom stereocenters. The van der Waals surface area contributed by atoms with E-state index < -0.39 is 11.1 Å². The number of Topliss-reactive ketones (excluding diaryl/α,β-unsaturated/α-hetero) is 1. The highest BCUT2D eigenvalue weighted by Crippen LogP contribution is 1.84. The maximum absolute atomic E-state index is 10.6. The largest absolute Gasteiger partial charge is 0.322 e. The first-order chi connectivity index (χ1) is 5.11. The average Bonchev–Trinajstić information content (AvgIpc) is 1.94. The zero-order valence-corrected chi connectivity index (χ0v) is 5.80. The molecule has 5 nitrogen and oxygen atoms in total. The lowest BCUT2D eigenvalue weighted by Crippen LogP contribution is -2.30. The van der Waals surface area contributed by atoms with Crippen molar-refractivity contribution in [1.29, 1.82) is 0 Å². The number of ketones is 1. The number of rotatable bonds is 1. The highest BCUT2D eigenvalue weighted by Gasteiger charge is 2.00. The second-order valence-corrected chi connectivity index (χ2v) is 2.04. The first-order valence-corrected chi connectivity index (χ1v) is 2.94. The van der Waals surface area contributed by atoms with E-state index in [0.717, 1.165) is 0 Å². The molecule has 1 aromatic heterocycles. The van der Waals surface area contributed by atoms with Crippen LogP contribution in [0.4, 0.5) is 0 Å². The Hall–Kier alpha value is -1.65. The van der Waals surface area contributed by atoms with E-state index >= 15 is 0 Å².